The van der Waals surface area contributed by atoms with Crippen molar-refractivity contribution >= 4 is 34.1 Å². The van der Waals surface area contributed by atoms with Crippen LogP contribution < -0.4 is 21.7 Å². The summed E-state index contributed by atoms with van der Waals surface area (Å²) in [5, 5.41) is 8.89. The number of carbonyl (C=O) groups is 2. The van der Waals surface area contributed by atoms with E-state index in [0.717, 1.165) is 24.2 Å². The van der Waals surface area contributed by atoms with E-state index in [0.29, 0.717) is 23.2 Å². The molecule has 2 rings (SSSR count). The van der Waals surface area contributed by atoms with E-state index in [9.17, 15) is 9.59 Å². The summed E-state index contributed by atoms with van der Waals surface area (Å²) < 4.78 is 4.91. The molecule has 1 fully saturated rings. The van der Waals surface area contributed by atoms with E-state index < -0.39 is 5.91 Å². The Balaban J connectivity index is 1.81. The van der Waals surface area contributed by atoms with Crippen LogP contribution in [0, 0.1) is 0 Å². The third kappa shape index (κ3) is 4.87. The molecule has 0 bridgehead atoms. The zero-order valence-electron chi connectivity index (χ0n) is 11.8. The lowest BCUT2D eigenvalue weighted by atomic mass is 10.4. The molecule has 0 unspecified atom stereocenters. The molecule has 1 aliphatic carbocycles. The number of anilines is 2. The van der Waals surface area contributed by atoms with Gasteiger partial charge in [0.15, 0.2) is 5.13 Å². The number of nitrogens with one attached hydrogen (secondary N) is 3. The maximum Gasteiger partial charge on any atom is 0.265 e. The summed E-state index contributed by atoms with van der Waals surface area (Å²) >= 11 is 1.15. The Morgan fingerprint density at radius 2 is 2.24 bits per heavy atom. The fourth-order valence-electron chi connectivity index (χ4n) is 1.58. The third-order valence-electron chi connectivity index (χ3n) is 2.79. The number of ether oxygens (including phenoxy) is 1. The minimum Gasteiger partial charge on any atom is -0.383 e. The Kier molecular flexibility index (Phi) is 5.34. The summed E-state index contributed by atoms with van der Waals surface area (Å²) in [6.45, 7) is 1.05. The van der Waals surface area contributed by atoms with Crippen LogP contribution in [0.4, 0.5) is 10.9 Å². The van der Waals surface area contributed by atoms with Crippen LogP contribution in [0.1, 0.15) is 22.5 Å². The van der Waals surface area contributed by atoms with E-state index in [1.807, 2.05) is 0 Å². The number of amides is 2. The SMILES string of the molecule is COCCNc1nc(N)c(C(=O)NCC(=O)NC2CC2)s1. The van der Waals surface area contributed by atoms with Gasteiger partial charge in [0.2, 0.25) is 5.91 Å². The first-order chi connectivity index (χ1) is 10.1. The number of methoxy groups -OCH3 is 1. The number of rotatable bonds is 8. The van der Waals surface area contributed by atoms with Crippen molar-refractivity contribution in [3.05, 3.63) is 4.88 Å². The minimum absolute atomic E-state index is 0.0564. The Hall–Kier alpha value is -1.87. The molecule has 0 radical (unpaired) electrons. The Morgan fingerprint density at radius 1 is 1.48 bits per heavy atom. The first-order valence-corrected chi connectivity index (χ1v) is 7.48. The topological polar surface area (TPSA) is 118 Å². The summed E-state index contributed by atoms with van der Waals surface area (Å²) in [6.07, 6.45) is 2.02. The lowest BCUT2D eigenvalue weighted by Gasteiger charge is -2.04. The van der Waals surface area contributed by atoms with Gasteiger partial charge in [-0.05, 0) is 12.8 Å². The monoisotopic (exact) mass is 313 g/mol. The van der Waals surface area contributed by atoms with Crippen LogP contribution in [-0.4, -0.2) is 49.6 Å². The van der Waals surface area contributed by atoms with Crippen molar-refractivity contribution in [2.75, 3.05) is 37.9 Å². The molecule has 8 nitrogen and oxygen atoms in total. The summed E-state index contributed by atoms with van der Waals surface area (Å²) in [6, 6.07) is 0.277. The zero-order valence-corrected chi connectivity index (χ0v) is 12.6. The number of nitrogens with zero attached hydrogens (tertiary/aromatic N) is 1. The lowest BCUT2D eigenvalue weighted by molar-refractivity contribution is -0.120. The minimum atomic E-state index is -0.393. The van der Waals surface area contributed by atoms with Gasteiger partial charge in [-0.25, -0.2) is 4.98 Å². The molecule has 0 aliphatic heterocycles. The van der Waals surface area contributed by atoms with Gasteiger partial charge in [-0.15, -0.1) is 0 Å². The van der Waals surface area contributed by atoms with Gasteiger partial charge in [-0.1, -0.05) is 11.3 Å². The van der Waals surface area contributed by atoms with Crippen molar-refractivity contribution in [1.29, 1.82) is 0 Å². The van der Waals surface area contributed by atoms with Gasteiger partial charge in [0.25, 0.3) is 5.91 Å². The van der Waals surface area contributed by atoms with E-state index in [1.165, 1.54) is 0 Å². The Bertz CT molecular complexity index is 515. The number of thiazole rings is 1. The van der Waals surface area contributed by atoms with Gasteiger partial charge in [-0.3, -0.25) is 9.59 Å². The zero-order chi connectivity index (χ0) is 15.2. The number of hydrogen-bond donors (Lipinski definition) is 4. The molecular formula is C12H19N5O3S. The van der Waals surface area contributed by atoms with Gasteiger partial charge in [0, 0.05) is 19.7 Å². The first-order valence-electron chi connectivity index (χ1n) is 6.67. The first kappa shape index (κ1) is 15.5. The summed E-state index contributed by atoms with van der Waals surface area (Å²) in [5.74, 6) is -0.428. The molecule has 1 saturated carbocycles. The van der Waals surface area contributed by atoms with E-state index in [-0.39, 0.29) is 24.3 Å². The van der Waals surface area contributed by atoms with Crippen molar-refractivity contribution in [3.63, 3.8) is 0 Å². The Labute approximate surface area is 126 Å². The summed E-state index contributed by atoms with van der Waals surface area (Å²) in [5.41, 5.74) is 5.71. The maximum atomic E-state index is 12.0. The molecule has 0 atom stereocenters. The highest BCUT2D eigenvalue weighted by atomic mass is 32.1. The highest BCUT2D eigenvalue weighted by molar-refractivity contribution is 7.18. The second-order valence-corrected chi connectivity index (χ2v) is 5.68. The molecule has 0 saturated heterocycles. The van der Waals surface area contributed by atoms with Gasteiger partial charge >= 0.3 is 0 Å². The van der Waals surface area contributed by atoms with E-state index in [1.54, 1.807) is 7.11 Å². The van der Waals surface area contributed by atoms with Crippen LogP contribution in [0.15, 0.2) is 0 Å². The van der Waals surface area contributed by atoms with Crippen LogP contribution in [0.25, 0.3) is 0 Å². The third-order valence-corrected chi connectivity index (χ3v) is 3.82. The maximum absolute atomic E-state index is 12.0. The van der Waals surface area contributed by atoms with Crippen molar-refractivity contribution in [1.82, 2.24) is 15.6 Å². The molecule has 9 heteroatoms. The van der Waals surface area contributed by atoms with Gasteiger partial charge in [0.05, 0.1) is 13.2 Å². The van der Waals surface area contributed by atoms with Crippen LogP contribution in [0.5, 0.6) is 0 Å². The second kappa shape index (κ2) is 7.23. The number of nitrogen functional groups attached to an aromatic ring is 1. The quantitative estimate of drug-likeness (QED) is 0.493. The van der Waals surface area contributed by atoms with E-state index >= 15 is 0 Å². The average Bonchev–Trinajstić information content (AvgIpc) is 3.18. The largest absolute Gasteiger partial charge is 0.383 e. The van der Waals surface area contributed by atoms with E-state index in [2.05, 4.69) is 20.9 Å². The molecule has 1 aromatic heterocycles. The number of hydrogen-bond acceptors (Lipinski definition) is 7. The normalized spacial score (nSPS) is 13.8. The second-order valence-electron chi connectivity index (χ2n) is 4.68. The molecular weight excluding hydrogens is 294 g/mol. The smallest absolute Gasteiger partial charge is 0.265 e. The standard InChI is InChI=1S/C12H19N5O3S/c1-20-5-4-14-12-17-10(13)9(21-12)11(19)15-6-8(18)16-7-2-3-7/h7H,2-6,13H2,1H3,(H,14,17)(H,15,19)(H,16,18). The molecule has 0 spiro atoms. The highest BCUT2D eigenvalue weighted by Crippen LogP contribution is 2.24. The molecule has 21 heavy (non-hydrogen) atoms. The fourth-order valence-corrected chi connectivity index (χ4v) is 2.40. The summed E-state index contributed by atoms with van der Waals surface area (Å²) in [7, 11) is 1.60. The van der Waals surface area contributed by atoms with Crippen LogP contribution in [0.2, 0.25) is 0 Å². The summed E-state index contributed by atoms with van der Waals surface area (Å²) in [4.78, 5) is 27.8. The average molecular weight is 313 g/mol. The van der Waals surface area contributed by atoms with Gasteiger partial charge in [0.1, 0.15) is 10.7 Å². The van der Waals surface area contributed by atoms with Crippen molar-refractivity contribution in [2.45, 2.75) is 18.9 Å². The number of nitrogens with two attached hydrogens (primary N) is 1. The van der Waals surface area contributed by atoms with E-state index in [4.69, 9.17) is 10.5 Å². The van der Waals surface area contributed by atoms with Crippen LogP contribution in [-0.2, 0) is 9.53 Å². The fraction of sp³-hybridized carbons (Fsp3) is 0.583. The number of carbonyl (C=O) groups excluding carboxylic acids is 2. The van der Waals surface area contributed by atoms with Crippen molar-refractivity contribution in [2.24, 2.45) is 0 Å². The molecule has 5 N–H and O–H groups in total. The van der Waals surface area contributed by atoms with Gasteiger partial charge in [-0.2, -0.15) is 0 Å². The van der Waals surface area contributed by atoms with Crippen molar-refractivity contribution < 1.29 is 14.3 Å². The molecule has 1 heterocycles. The molecule has 1 aromatic rings. The molecule has 116 valence electrons. The van der Waals surface area contributed by atoms with Crippen LogP contribution in [0.3, 0.4) is 0 Å². The lowest BCUT2D eigenvalue weighted by Crippen LogP contribution is -2.37. The number of aromatic nitrogens is 1. The van der Waals surface area contributed by atoms with Crippen molar-refractivity contribution in [3.8, 4) is 0 Å². The molecule has 1 aliphatic rings. The molecule has 2 amide bonds. The molecule has 0 aromatic carbocycles. The highest BCUT2D eigenvalue weighted by Gasteiger charge is 2.23. The predicted octanol–water partition coefficient (Wildman–Crippen LogP) is -0.208. The van der Waals surface area contributed by atoms with Gasteiger partial charge < -0.3 is 26.4 Å². The predicted molar refractivity (Wildman–Crippen MR) is 80.4 cm³/mol. The Morgan fingerprint density at radius 3 is 2.90 bits per heavy atom. The van der Waals surface area contributed by atoms with Crippen LogP contribution >= 0.6 is 11.3 Å².